The average Bonchev–Trinajstić information content (AvgIpc) is 2.59. The molecule has 0 N–H and O–H groups in total. The Morgan fingerprint density at radius 1 is 1.07 bits per heavy atom. The van der Waals surface area contributed by atoms with Crippen molar-refractivity contribution in [2.75, 3.05) is 13.7 Å². The first-order chi connectivity index (χ1) is 13.4. The minimum atomic E-state index is -1.77. The minimum absolute atomic E-state index is 0.0480. The highest BCUT2D eigenvalue weighted by Crippen LogP contribution is 2.37. The number of carbonyl (C=O) groups excluding carboxylic acids is 1. The summed E-state index contributed by atoms with van der Waals surface area (Å²) in [6.07, 6.45) is 0.920. The van der Waals surface area contributed by atoms with E-state index in [0.29, 0.717) is 13.0 Å². The molecule has 0 bridgehead atoms. The summed E-state index contributed by atoms with van der Waals surface area (Å²) in [5.41, 5.74) is 1.000. The molecule has 29 heavy (non-hydrogen) atoms. The van der Waals surface area contributed by atoms with Crippen molar-refractivity contribution in [3.63, 3.8) is 0 Å². The fraction of sp³-hybridized carbons (Fsp3) is 0.696. The summed E-state index contributed by atoms with van der Waals surface area (Å²) in [5.74, 6) is 0.477. The molecule has 0 radical (unpaired) electrons. The Morgan fingerprint density at radius 3 is 2.14 bits per heavy atom. The Labute approximate surface area is 178 Å². The predicted molar refractivity (Wildman–Crippen MR) is 120 cm³/mol. The monoisotopic (exact) mass is 424 g/mol. The molecule has 0 aliphatic heterocycles. The van der Waals surface area contributed by atoms with Gasteiger partial charge in [0, 0.05) is 26.1 Å². The molecular weight excluding hydrogens is 384 g/mol. The molecule has 0 spiro atoms. The molecule has 6 heteroatoms. The zero-order valence-corrected chi connectivity index (χ0v) is 20.7. The second-order valence-electron chi connectivity index (χ2n) is 9.18. The van der Waals surface area contributed by atoms with Crippen molar-refractivity contribution >= 4 is 14.3 Å². The number of hydrogen-bond acceptors (Lipinski definition) is 5. The maximum Gasteiger partial charge on any atom is 0.335 e. The van der Waals surface area contributed by atoms with E-state index in [1.807, 2.05) is 24.3 Å². The molecule has 0 saturated carbocycles. The van der Waals surface area contributed by atoms with Crippen LogP contribution in [-0.2, 0) is 25.1 Å². The van der Waals surface area contributed by atoms with Gasteiger partial charge in [0.2, 0.25) is 0 Å². The van der Waals surface area contributed by atoms with Crippen LogP contribution < -0.4 is 4.74 Å². The topological polar surface area (TPSA) is 54.0 Å². The number of rotatable bonds is 11. The molecule has 0 saturated heterocycles. The third kappa shape index (κ3) is 8.48. The van der Waals surface area contributed by atoms with Crippen molar-refractivity contribution in [2.45, 2.75) is 90.8 Å². The molecule has 0 aliphatic carbocycles. The average molecular weight is 425 g/mol. The lowest BCUT2D eigenvalue weighted by Gasteiger charge is -2.39. The Hall–Kier alpha value is -1.37. The highest BCUT2D eigenvalue weighted by Gasteiger charge is 2.38. The number of hydrogen-bond donors (Lipinski definition) is 0. The summed E-state index contributed by atoms with van der Waals surface area (Å²) >= 11 is 0. The smallest absolute Gasteiger partial charge is 0.335 e. The Morgan fingerprint density at radius 2 is 1.66 bits per heavy atom. The van der Waals surface area contributed by atoms with Crippen LogP contribution in [0.15, 0.2) is 24.3 Å². The van der Waals surface area contributed by atoms with E-state index >= 15 is 0 Å². The molecule has 0 unspecified atom stereocenters. The Bertz CT molecular complexity index is 621. The quantitative estimate of drug-likeness (QED) is 0.353. The van der Waals surface area contributed by atoms with Crippen LogP contribution in [0, 0.1) is 0 Å². The first-order valence-electron chi connectivity index (χ1n) is 10.5. The normalized spacial score (nSPS) is 15.5. The number of ether oxygens (including phenoxy) is 3. The highest BCUT2D eigenvalue weighted by atomic mass is 28.4. The van der Waals surface area contributed by atoms with Crippen LogP contribution in [0.2, 0.25) is 18.1 Å². The Kier molecular flexibility index (Phi) is 9.85. The number of benzene rings is 1. The second kappa shape index (κ2) is 11.1. The van der Waals surface area contributed by atoms with Gasteiger partial charge >= 0.3 is 5.97 Å². The summed E-state index contributed by atoms with van der Waals surface area (Å²) < 4.78 is 22.8. The molecule has 3 atom stereocenters. The minimum Gasteiger partial charge on any atom is -0.491 e. The van der Waals surface area contributed by atoms with Gasteiger partial charge in [-0.25, -0.2) is 4.79 Å². The lowest BCUT2D eigenvalue weighted by molar-refractivity contribution is -0.154. The molecule has 1 aromatic rings. The van der Waals surface area contributed by atoms with Crippen LogP contribution in [0.3, 0.4) is 0 Å². The van der Waals surface area contributed by atoms with Gasteiger partial charge in [-0.3, -0.25) is 0 Å². The van der Waals surface area contributed by atoms with Crippen molar-refractivity contribution in [3.8, 4) is 5.75 Å². The first-order valence-corrected chi connectivity index (χ1v) is 13.4. The van der Waals surface area contributed by atoms with Crippen molar-refractivity contribution in [3.05, 3.63) is 29.8 Å². The molecule has 0 aromatic heterocycles. The fourth-order valence-electron chi connectivity index (χ4n) is 2.89. The van der Waals surface area contributed by atoms with Crippen molar-refractivity contribution < 1.29 is 23.4 Å². The maximum absolute atomic E-state index is 11.9. The first kappa shape index (κ1) is 25.7. The predicted octanol–water partition coefficient (Wildman–Crippen LogP) is 5.37. The number of methoxy groups -OCH3 is 1. The van der Waals surface area contributed by atoms with Gasteiger partial charge in [0.05, 0.1) is 12.7 Å². The van der Waals surface area contributed by atoms with Crippen LogP contribution in [0.4, 0.5) is 0 Å². The molecule has 5 nitrogen and oxygen atoms in total. The van der Waals surface area contributed by atoms with Gasteiger partial charge in [0.25, 0.3) is 0 Å². The number of esters is 1. The highest BCUT2D eigenvalue weighted by molar-refractivity contribution is 6.74. The van der Waals surface area contributed by atoms with E-state index in [9.17, 15) is 4.79 Å². The van der Waals surface area contributed by atoms with Gasteiger partial charge in [-0.1, -0.05) is 32.9 Å². The van der Waals surface area contributed by atoms with Crippen molar-refractivity contribution in [1.82, 2.24) is 0 Å². The SMILES string of the molecule is CCOC(=O)[C@H](Cc1ccc(O[C@H](C)C[C@H](C)O[Si](C)(C)C(C)(C)C)cc1)OC. The van der Waals surface area contributed by atoms with E-state index in [2.05, 4.69) is 47.7 Å². The van der Waals surface area contributed by atoms with E-state index in [-0.39, 0.29) is 23.2 Å². The molecule has 0 amide bonds. The molecule has 0 fully saturated rings. The van der Waals surface area contributed by atoms with Gasteiger partial charge in [-0.15, -0.1) is 0 Å². The second-order valence-corrected chi connectivity index (χ2v) is 13.9. The van der Waals surface area contributed by atoms with Gasteiger partial charge in [0.15, 0.2) is 14.4 Å². The summed E-state index contributed by atoms with van der Waals surface area (Å²) in [6, 6.07) is 7.79. The van der Waals surface area contributed by atoms with Crippen LogP contribution >= 0.6 is 0 Å². The lowest BCUT2D eigenvalue weighted by Crippen LogP contribution is -2.44. The standard InChI is InChI=1S/C23H40O5Si/c1-10-26-22(24)21(25-7)16-19-11-13-20(14-12-19)27-17(2)15-18(3)28-29(8,9)23(4,5)6/h11-14,17-18,21H,10,15-16H2,1-9H3/t17-,18+,21+/m1/s1. The summed E-state index contributed by atoms with van der Waals surface area (Å²) in [6.45, 7) is 17.6. The largest absolute Gasteiger partial charge is 0.491 e. The van der Waals surface area contributed by atoms with Crippen LogP contribution in [0.5, 0.6) is 5.75 Å². The molecular formula is C23H40O5Si. The van der Waals surface area contributed by atoms with Crippen molar-refractivity contribution in [2.24, 2.45) is 0 Å². The van der Waals surface area contributed by atoms with E-state index in [1.165, 1.54) is 7.11 Å². The molecule has 0 aliphatic rings. The van der Waals surface area contributed by atoms with Gasteiger partial charge in [-0.2, -0.15) is 0 Å². The summed E-state index contributed by atoms with van der Waals surface area (Å²) in [7, 11) is -0.253. The Balaban J connectivity index is 2.58. The summed E-state index contributed by atoms with van der Waals surface area (Å²) in [5, 5.41) is 0.199. The third-order valence-electron chi connectivity index (χ3n) is 5.48. The lowest BCUT2D eigenvalue weighted by atomic mass is 10.1. The van der Waals surface area contributed by atoms with Gasteiger partial charge in [-0.05, 0) is 56.6 Å². The molecule has 0 heterocycles. The maximum atomic E-state index is 11.9. The van der Waals surface area contributed by atoms with Crippen LogP contribution in [0.25, 0.3) is 0 Å². The fourth-order valence-corrected chi connectivity index (χ4v) is 4.35. The van der Waals surface area contributed by atoms with E-state index in [4.69, 9.17) is 18.6 Å². The zero-order valence-electron chi connectivity index (χ0n) is 19.7. The third-order valence-corrected chi connectivity index (χ3v) is 10.1. The number of carbonyl (C=O) groups is 1. The van der Waals surface area contributed by atoms with Gasteiger partial charge in [0.1, 0.15) is 5.75 Å². The summed E-state index contributed by atoms with van der Waals surface area (Å²) in [4.78, 5) is 11.9. The van der Waals surface area contributed by atoms with Crippen LogP contribution in [0.1, 0.15) is 53.5 Å². The van der Waals surface area contributed by atoms with Gasteiger partial charge < -0.3 is 18.6 Å². The van der Waals surface area contributed by atoms with E-state index in [0.717, 1.165) is 17.7 Å². The molecule has 1 rings (SSSR count). The van der Waals surface area contributed by atoms with Crippen LogP contribution in [-0.4, -0.2) is 46.3 Å². The van der Waals surface area contributed by atoms with E-state index < -0.39 is 14.4 Å². The van der Waals surface area contributed by atoms with E-state index in [1.54, 1.807) is 6.92 Å². The molecule has 1 aromatic carbocycles. The molecule has 166 valence electrons. The van der Waals surface area contributed by atoms with Crippen molar-refractivity contribution in [1.29, 1.82) is 0 Å². The zero-order chi connectivity index (χ0) is 22.2.